The summed E-state index contributed by atoms with van der Waals surface area (Å²) in [6.07, 6.45) is 0. The lowest BCUT2D eigenvalue weighted by molar-refractivity contribution is 0.584. The molecule has 2 N–H and O–H groups in total. The summed E-state index contributed by atoms with van der Waals surface area (Å²) in [6, 6.07) is 20.9. The van der Waals surface area contributed by atoms with Crippen LogP contribution in [-0.4, -0.2) is 24.8 Å². The van der Waals surface area contributed by atoms with E-state index in [9.17, 15) is 0 Å². The van der Waals surface area contributed by atoms with Gasteiger partial charge in [-0.05, 0) is 39.1 Å². The van der Waals surface area contributed by atoms with Crippen molar-refractivity contribution in [3.8, 4) is 0 Å². The highest BCUT2D eigenvalue weighted by Gasteiger charge is 2.14. The van der Waals surface area contributed by atoms with Crippen molar-refractivity contribution in [3.05, 3.63) is 71.8 Å². The first kappa shape index (κ1) is 21.0. The van der Waals surface area contributed by atoms with Gasteiger partial charge in [0.25, 0.3) is 0 Å². The van der Waals surface area contributed by atoms with Crippen molar-refractivity contribution in [1.29, 1.82) is 0 Å². The summed E-state index contributed by atoms with van der Waals surface area (Å²) in [5.41, 5.74) is 2.48. The number of hydrogen-bond donors (Lipinski definition) is 2. The minimum absolute atomic E-state index is 0.109. The van der Waals surface area contributed by atoms with Crippen LogP contribution in [0.2, 0.25) is 0 Å². The molecule has 2 aromatic carbocycles. The third-order valence-electron chi connectivity index (χ3n) is 3.86. The van der Waals surface area contributed by atoms with Crippen LogP contribution in [0.25, 0.3) is 0 Å². The fraction of sp³-hybridized carbons (Fsp3) is 0.400. The molecule has 0 aliphatic carbocycles. The zero-order valence-corrected chi connectivity index (χ0v) is 16.4. The average molecular weight is 367 g/mol. The van der Waals surface area contributed by atoms with E-state index in [1.807, 2.05) is 64.3 Å². The summed E-state index contributed by atoms with van der Waals surface area (Å²) < 4.78 is 0. The molecule has 2 rings (SSSR count). The van der Waals surface area contributed by atoms with E-state index >= 15 is 0 Å². The highest BCUT2D eigenvalue weighted by atomic mass is 35.5. The number of alkyl halides is 2. The van der Waals surface area contributed by atoms with Crippen molar-refractivity contribution in [1.82, 2.24) is 10.6 Å². The van der Waals surface area contributed by atoms with Crippen molar-refractivity contribution in [2.24, 2.45) is 0 Å². The zero-order chi connectivity index (χ0) is 17.9. The van der Waals surface area contributed by atoms with E-state index in [-0.39, 0.29) is 22.8 Å². The van der Waals surface area contributed by atoms with E-state index in [1.54, 1.807) is 0 Å². The van der Waals surface area contributed by atoms with Gasteiger partial charge in [0, 0.05) is 12.1 Å². The molecular formula is C20H28Cl2N2. The van der Waals surface area contributed by atoms with Gasteiger partial charge in [0.2, 0.25) is 0 Å². The Hall–Kier alpha value is -1.06. The van der Waals surface area contributed by atoms with Gasteiger partial charge in [-0.3, -0.25) is 0 Å². The van der Waals surface area contributed by atoms with Crippen molar-refractivity contribution in [2.45, 2.75) is 36.7 Å². The highest BCUT2D eigenvalue weighted by Crippen LogP contribution is 2.20. The molecule has 132 valence electrons. The van der Waals surface area contributed by atoms with Gasteiger partial charge in [0.05, 0.1) is 10.8 Å². The second-order valence-corrected chi connectivity index (χ2v) is 7.09. The first-order chi connectivity index (χ1) is 11.5. The van der Waals surface area contributed by atoms with E-state index in [4.69, 9.17) is 23.2 Å². The molecule has 2 nitrogen and oxygen atoms in total. The Morgan fingerprint density at radius 2 is 0.917 bits per heavy atom. The summed E-state index contributed by atoms with van der Waals surface area (Å²) >= 11 is 12.0. The molecule has 0 radical (unpaired) electrons. The molecule has 0 saturated carbocycles. The van der Waals surface area contributed by atoms with E-state index in [0.29, 0.717) is 0 Å². The molecule has 0 amide bonds. The molecule has 4 heteroatoms. The topological polar surface area (TPSA) is 24.1 Å². The summed E-state index contributed by atoms with van der Waals surface area (Å²) in [4.78, 5) is 0. The van der Waals surface area contributed by atoms with Gasteiger partial charge >= 0.3 is 0 Å². The first-order valence-corrected chi connectivity index (χ1v) is 9.11. The number of hydrogen-bond acceptors (Lipinski definition) is 2. The quantitative estimate of drug-likeness (QED) is 0.690. The normalized spacial score (nSPS) is 15.6. The van der Waals surface area contributed by atoms with E-state index in [1.165, 1.54) is 11.1 Å². The SMILES string of the molecule is CN[C@@H](c1ccccc1)[C@H](C)Cl.CN[C@@H](c1ccccc1)[C@H](C)Cl. The van der Waals surface area contributed by atoms with E-state index < -0.39 is 0 Å². The maximum absolute atomic E-state index is 6.02. The van der Waals surface area contributed by atoms with Crippen LogP contribution in [0.3, 0.4) is 0 Å². The van der Waals surface area contributed by atoms with Gasteiger partial charge < -0.3 is 10.6 Å². The van der Waals surface area contributed by atoms with Gasteiger partial charge in [-0.2, -0.15) is 0 Å². The van der Waals surface area contributed by atoms with Crippen LogP contribution < -0.4 is 10.6 Å². The summed E-state index contributed by atoms with van der Waals surface area (Å²) in [7, 11) is 3.85. The zero-order valence-electron chi connectivity index (χ0n) is 14.8. The standard InChI is InChI=1S/2C10H14ClN/c2*1-8(11)10(12-2)9-6-4-3-5-7-9/h2*3-8,10,12H,1-2H3/t2*8-,10+/m00/s1. The maximum Gasteiger partial charge on any atom is 0.0502 e. The molecule has 0 aliphatic heterocycles. The lowest BCUT2D eigenvalue weighted by atomic mass is 10.1. The van der Waals surface area contributed by atoms with E-state index in [0.717, 1.165) is 0 Å². The third-order valence-corrected chi connectivity index (χ3v) is 4.36. The largest absolute Gasteiger partial charge is 0.312 e. The van der Waals surface area contributed by atoms with Gasteiger partial charge in [-0.1, -0.05) is 60.7 Å². The molecule has 24 heavy (non-hydrogen) atoms. The third kappa shape index (κ3) is 6.82. The van der Waals surface area contributed by atoms with Crippen LogP contribution in [0.1, 0.15) is 37.1 Å². The number of halogens is 2. The van der Waals surface area contributed by atoms with E-state index in [2.05, 4.69) is 34.9 Å². The predicted octanol–water partition coefficient (Wildman–Crippen LogP) is 5.15. The monoisotopic (exact) mass is 366 g/mol. The Morgan fingerprint density at radius 3 is 1.12 bits per heavy atom. The Morgan fingerprint density at radius 1 is 0.625 bits per heavy atom. The van der Waals surface area contributed by atoms with Gasteiger partial charge in [0.15, 0.2) is 0 Å². The molecule has 0 heterocycles. The van der Waals surface area contributed by atoms with Gasteiger partial charge in [-0.15, -0.1) is 23.2 Å². The van der Waals surface area contributed by atoms with Crippen LogP contribution in [-0.2, 0) is 0 Å². The highest BCUT2D eigenvalue weighted by molar-refractivity contribution is 6.21. The molecule has 0 fully saturated rings. The summed E-state index contributed by atoms with van der Waals surface area (Å²) in [5.74, 6) is 0. The minimum Gasteiger partial charge on any atom is -0.312 e. The Bertz CT molecular complexity index is 493. The molecule has 0 bridgehead atoms. The van der Waals surface area contributed by atoms with Crippen LogP contribution in [0.15, 0.2) is 60.7 Å². The molecule has 0 saturated heterocycles. The second-order valence-electron chi connectivity index (χ2n) is 5.71. The number of rotatable bonds is 6. The van der Waals surface area contributed by atoms with Crippen molar-refractivity contribution in [2.75, 3.05) is 14.1 Å². The summed E-state index contributed by atoms with van der Waals surface area (Å²) in [5, 5.41) is 6.59. The van der Waals surface area contributed by atoms with Crippen LogP contribution >= 0.6 is 23.2 Å². The van der Waals surface area contributed by atoms with Crippen LogP contribution in [0, 0.1) is 0 Å². The predicted molar refractivity (Wildman–Crippen MR) is 107 cm³/mol. The van der Waals surface area contributed by atoms with Crippen LogP contribution in [0.4, 0.5) is 0 Å². The molecule has 0 aliphatic rings. The fourth-order valence-electron chi connectivity index (χ4n) is 2.64. The molecule has 4 atom stereocenters. The van der Waals surface area contributed by atoms with Crippen molar-refractivity contribution in [3.63, 3.8) is 0 Å². The lowest BCUT2D eigenvalue weighted by Gasteiger charge is -2.18. The molecule has 2 aromatic rings. The Labute approximate surface area is 156 Å². The smallest absolute Gasteiger partial charge is 0.0502 e. The minimum atomic E-state index is 0.109. The number of nitrogens with one attached hydrogen (secondary N) is 2. The molecular weight excluding hydrogens is 339 g/mol. The Balaban J connectivity index is 0.000000240. The second kappa shape index (κ2) is 11.5. The Kier molecular flexibility index (Phi) is 10.0. The molecule has 0 spiro atoms. The fourth-order valence-corrected chi connectivity index (χ4v) is 3.19. The van der Waals surface area contributed by atoms with Crippen molar-refractivity contribution < 1.29 is 0 Å². The lowest BCUT2D eigenvalue weighted by Crippen LogP contribution is -2.23. The molecule has 0 unspecified atom stereocenters. The van der Waals surface area contributed by atoms with Gasteiger partial charge in [0.1, 0.15) is 0 Å². The maximum atomic E-state index is 6.02. The number of benzene rings is 2. The van der Waals surface area contributed by atoms with Crippen molar-refractivity contribution >= 4 is 23.2 Å². The first-order valence-electron chi connectivity index (χ1n) is 8.23. The van der Waals surface area contributed by atoms with Gasteiger partial charge in [-0.25, -0.2) is 0 Å². The summed E-state index contributed by atoms with van der Waals surface area (Å²) in [6.45, 7) is 3.99. The molecule has 0 aromatic heterocycles. The van der Waals surface area contributed by atoms with Crippen LogP contribution in [0.5, 0.6) is 0 Å². The average Bonchev–Trinajstić information content (AvgIpc) is 2.58.